The van der Waals surface area contributed by atoms with Gasteiger partial charge in [-0.25, -0.2) is 14.6 Å². The molecule has 170 valence electrons. The van der Waals surface area contributed by atoms with Gasteiger partial charge < -0.3 is 20.1 Å². The highest BCUT2D eigenvalue weighted by molar-refractivity contribution is 5.51. The van der Waals surface area contributed by atoms with Gasteiger partial charge in [-0.05, 0) is 48.4 Å². The van der Waals surface area contributed by atoms with Crippen molar-refractivity contribution < 1.29 is 14.2 Å². The van der Waals surface area contributed by atoms with Gasteiger partial charge in [0.2, 0.25) is 5.82 Å². The lowest BCUT2D eigenvalue weighted by atomic mass is 9.77. The van der Waals surface area contributed by atoms with Crippen molar-refractivity contribution in [1.82, 2.24) is 19.7 Å². The molecule has 1 aromatic carbocycles. The molecule has 0 bridgehead atoms. The molecule has 0 atom stereocenters. The number of halogens is 1. The molecule has 2 aromatic heterocycles. The molecule has 3 heterocycles. The van der Waals surface area contributed by atoms with E-state index < -0.39 is 5.82 Å². The largest absolute Gasteiger partial charge is 0.396 e. The van der Waals surface area contributed by atoms with E-state index in [-0.39, 0.29) is 23.7 Å². The Hall–Kier alpha value is -3.04. The summed E-state index contributed by atoms with van der Waals surface area (Å²) in [5, 5.41) is 16.9. The fourth-order valence-electron chi connectivity index (χ4n) is 4.10. The number of hydrogen-bond acceptors (Lipinski definition) is 7. The Morgan fingerprint density at radius 2 is 2.00 bits per heavy atom. The van der Waals surface area contributed by atoms with Gasteiger partial charge in [-0.2, -0.15) is 9.49 Å². The molecular weight excluding hydrogens is 411 g/mol. The van der Waals surface area contributed by atoms with Crippen molar-refractivity contribution in [3.8, 4) is 5.69 Å². The minimum Gasteiger partial charge on any atom is -0.396 e. The van der Waals surface area contributed by atoms with Gasteiger partial charge in [0.25, 0.3) is 0 Å². The summed E-state index contributed by atoms with van der Waals surface area (Å²) in [4.78, 5) is 10.1. The predicted octanol–water partition coefficient (Wildman–Crippen LogP) is 3.03. The zero-order chi connectivity index (χ0) is 22.4. The van der Waals surface area contributed by atoms with Crippen molar-refractivity contribution in [2.45, 2.75) is 25.8 Å². The van der Waals surface area contributed by atoms with E-state index in [4.69, 9.17) is 4.74 Å². The van der Waals surface area contributed by atoms with Crippen LogP contribution in [0.1, 0.15) is 24.8 Å². The van der Waals surface area contributed by atoms with Crippen molar-refractivity contribution in [2.24, 2.45) is 5.41 Å². The summed E-state index contributed by atoms with van der Waals surface area (Å²) in [6.07, 6.45) is 7.30. The van der Waals surface area contributed by atoms with Gasteiger partial charge in [0.05, 0.1) is 5.69 Å². The lowest BCUT2D eigenvalue weighted by Gasteiger charge is -2.37. The fraction of sp³-hybridized carbons (Fsp3) is 0.435. The van der Waals surface area contributed by atoms with Crippen LogP contribution in [0.4, 0.5) is 16.0 Å². The third kappa shape index (κ3) is 5.05. The molecule has 9 heteroatoms. The van der Waals surface area contributed by atoms with E-state index in [1.165, 1.54) is 6.33 Å². The molecule has 2 N–H and O–H groups in total. The Bertz CT molecular complexity index is 985. The molecule has 0 unspecified atom stereocenters. The van der Waals surface area contributed by atoms with Crippen LogP contribution in [0.15, 0.2) is 49.1 Å². The number of nitrogens with zero attached hydrogens (tertiary/aromatic N) is 5. The van der Waals surface area contributed by atoms with Crippen LogP contribution in [0.2, 0.25) is 0 Å². The van der Waals surface area contributed by atoms with Crippen LogP contribution in [0.25, 0.3) is 5.69 Å². The zero-order valence-electron chi connectivity index (χ0n) is 18.2. The monoisotopic (exact) mass is 440 g/mol. The van der Waals surface area contributed by atoms with Gasteiger partial charge in [-0.3, -0.25) is 0 Å². The van der Waals surface area contributed by atoms with E-state index in [0.717, 1.165) is 24.1 Å². The molecule has 3 aromatic rings. The zero-order valence-corrected chi connectivity index (χ0v) is 18.2. The average molecular weight is 441 g/mol. The van der Waals surface area contributed by atoms with E-state index in [1.54, 1.807) is 15.8 Å². The minimum absolute atomic E-state index is 0.0983. The third-order valence-corrected chi connectivity index (χ3v) is 6.08. The third-order valence-electron chi connectivity index (χ3n) is 6.08. The summed E-state index contributed by atoms with van der Waals surface area (Å²) in [6, 6.07) is 9.83. The quantitative estimate of drug-likeness (QED) is 0.529. The number of aliphatic hydroxyl groups is 1. The van der Waals surface area contributed by atoms with Gasteiger partial charge in [0.1, 0.15) is 6.33 Å². The van der Waals surface area contributed by atoms with E-state index in [0.29, 0.717) is 32.7 Å². The standard InChI is InChI=1S/C23H29FN6O2/c1-29(15-18-3-5-19(6-4-18)30-11-2-10-28-30)22-20(24)21(26-17-27-22)25-16-23(7-12-31)8-13-32-14-9-23/h2-6,10-11,17,31H,7-9,12-16H2,1H3,(H,25,26,27). The molecule has 4 rings (SSSR count). The first-order chi connectivity index (χ1) is 15.6. The van der Waals surface area contributed by atoms with Gasteiger partial charge >= 0.3 is 0 Å². The second-order valence-corrected chi connectivity index (χ2v) is 8.27. The maximum absolute atomic E-state index is 15.2. The predicted molar refractivity (Wildman–Crippen MR) is 120 cm³/mol. The van der Waals surface area contributed by atoms with Crippen LogP contribution < -0.4 is 10.2 Å². The number of anilines is 2. The van der Waals surface area contributed by atoms with Crippen LogP contribution in [-0.4, -0.2) is 58.3 Å². The van der Waals surface area contributed by atoms with Crippen LogP contribution in [-0.2, 0) is 11.3 Å². The minimum atomic E-state index is -0.477. The molecule has 1 aliphatic heterocycles. The number of benzene rings is 1. The van der Waals surface area contributed by atoms with Crippen molar-refractivity contribution in [3.63, 3.8) is 0 Å². The molecule has 1 aliphatic rings. The molecule has 32 heavy (non-hydrogen) atoms. The Balaban J connectivity index is 1.43. The lowest BCUT2D eigenvalue weighted by molar-refractivity contribution is 0.00898. The normalized spacial score (nSPS) is 15.5. The molecular formula is C23H29FN6O2. The lowest BCUT2D eigenvalue weighted by Crippen LogP contribution is -2.37. The van der Waals surface area contributed by atoms with E-state index in [9.17, 15) is 5.11 Å². The van der Waals surface area contributed by atoms with Crippen molar-refractivity contribution >= 4 is 11.6 Å². The molecule has 1 saturated heterocycles. The van der Waals surface area contributed by atoms with Crippen molar-refractivity contribution in [3.05, 3.63) is 60.4 Å². The number of ether oxygens (including phenoxy) is 1. The Morgan fingerprint density at radius 1 is 1.22 bits per heavy atom. The van der Waals surface area contributed by atoms with Gasteiger partial charge in [-0.1, -0.05) is 12.1 Å². The maximum Gasteiger partial charge on any atom is 0.207 e. The van der Waals surface area contributed by atoms with Gasteiger partial charge in [0, 0.05) is 52.4 Å². The second-order valence-electron chi connectivity index (χ2n) is 8.27. The Morgan fingerprint density at radius 3 is 2.69 bits per heavy atom. The highest BCUT2D eigenvalue weighted by Crippen LogP contribution is 2.34. The molecule has 8 nitrogen and oxygen atoms in total. The Kier molecular flexibility index (Phi) is 6.96. The van der Waals surface area contributed by atoms with Crippen LogP contribution in [0.5, 0.6) is 0 Å². The number of hydrogen-bond donors (Lipinski definition) is 2. The molecule has 0 radical (unpaired) electrons. The van der Waals surface area contributed by atoms with E-state index in [2.05, 4.69) is 20.4 Å². The van der Waals surface area contributed by atoms with E-state index in [1.807, 2.05) is 43.6 Å². The SMILES string of the molecule is CN(Cc1ccc(-n2cccn2)cc1)c1ncnc(NCC2(CCO)CCOCC2)c1F. The summed E-state index contributed by atoms with van der Waals surface area (Å²) >= 11 is 0. The summed E-state index contributed by atoms with van der Waals surface area (Å²) in [5.41, 5.74) is 1.87. The topological polar surface area (TPSA) is 88.3 Å². The average Bonchev–Trinajstić information content (AvgIpc) is 3.35. The smallest absolute Gasteiger partial charge is 0.207 e. The summed E-state index contributed by atoms with van der Waals surface area (Å²) in [6.45, 7) is 2.44. The number of aromatic nitrogens is 4. The Labute approximate surface area is 187 Å². The highest BCUT2D eigenvalue weighted by atomic mass is 19.1. The number of aliphatic hydroxyl groups excluding tert-OH is 1. The second kappa shape index (κ2) is 10.1. The molecule has 0 spiro atoms. The van der Waals surface area contributed by atoms with Gasteiger partial charge in [0.15, 0.2) is 11.6 Å². The first kappa shape index (κ1) is 22.2. The first-order valence-electron chi connectivity index (χ1n) is 10.8. The van der Waals surface area contributed by atoms with Crippen LogP contribution >= 0.6 is 0 Å². The summed E-state index contributed by atoms with van der Waals surface area (Å²) in [7, 11) is 1.81. The van der Waals surface area contributed by atoms with Crippen LogP contribution in [0.3, 0.4) is 0 Å². The first-order valence-corrected chi connectivity index (χ1v) is 10.8. The van der Waals surface area contributed by atoms with E-state index >= 15 is 4.39 Å². The molecule has 0 amide bonds. The summed E-state index contributed by atoms with van der Waals surface area (Å²) in [5.74, 6) is -0.0594. The number of rotatable bonds is 9. The summed E-state index contributed by atoms with van der Waals surface area (Å²) < 4.78 is 22.5. The molecule has 1 fully saturated rings. The number of nitrogens with one attached hydrogen (secondary N) is 1. The maximum atomic E-state index is 15.2. The highest BCUT2D eigenvalue weighted by Gasteiger charge is 2.32. The van der Waals surface area contributed by atoms with Crippen molar-refractivity contribution in [1.29, 1.82) is 0 Å². The molecule has 0 saturated carbocycles. The fourth-order valence-corrected chi connectivity index (χ4v) is 4.10. The van der Waals surface area contributed by atoms with Crippen molar-refractivity contribution in [2.75, 3.05) is 43.6 Å². The van der Waals surface area contributed by atoms with Gasteiger partial charge in [-0.15, -0.1) is 0 Å². The molecule has 0 aliphatic carbocycles. The van der Waals surface area contributed by atoms with Crippen LogP contribution in [0, 0.1) is 11.2 Å².